The number of halogens is 1. The molecule has 0 fully saturated rings. The fraction of sp³-hybridized carbons (Fsp3) is 0.462. The fourth-order valence-electron chi connectivity index (χ4n) is 1.68. The molecule has 0 aliphatic heterocycles. The maximum absolute atomic E-state index is 13.5. The van der Waals surface area contributed by atoms with E-state index in [0.29, 0.717) is 12.0 Å². The molecule has 1 unspecified atom stereocenters. The van der Waals surface area contributed by atoms with Gasteiger partial charge in [0.25, 0.3) is 0 Å². The molecule has 0 bridgehead atoms. The van der Waals surface area contributed by atoms with Crippen molar-refractivity contribution >= 4 is 5.78 Å². The number of hydrogen-bond donors (Lipinski definition) is 0. The van der Waals surface area contributed by atoms with Crippen molar-refractivity contribution in [1.29, 1.82) is 0 Å². The Bertz CT molecular complexity index is 390. The smallest absolute Gasteiger partial charge is 0.166 e. The third-order valence-electron chi connectivity index (χ3n) is 2.50. The predicted octanol–water partition coefficient (Wildman–Crippen LogP) is 2.89. The van der Waals surface area contributed by atoms with Crippen LogP contribution in [0.2, 0.25) is 0 Å². The fourth-order valence-corrected chi connectivity index (χ4v) is 1.68. The highest BCUT2D eigenvalue weighted by atomic mass is 19.1. The molecule has 17 heavy (non-hydrogen) atoms. The predicted molar refractivity (Wildman–Crippen MR) is 62.6 cm³/mol. The first-order chi connectivity index (χ1) is 8.13. The van der Waals surface area contributed by atoms with Gasteiger partial charge in [0.05, 0.1) is 7.11 Å². The topological polar surface area (TPSA) is 35.5 Å². The van der Waals surface area contributed by atoms with E-state index < -0.39 is 11.9 Å². The number of carbonyl (C=O) groups excluding carboxylic acids is 1. The number of ether oxygens (including phenoxy) is 2. The van der Waals surface area contributed by atoms with Gasteiger partial charge in [-0.15, -0.1) is 0 Å². The number of benzene rings is 1. The van der Waals surface area contributed by atoms with E-state index in [1.54, 1.807) is 6.07 Å². The number of Topliss-reactive ketones (excluding diaryl/α,β-unsaturated/α-hetero) is 1. The van der Waals surface area contributed by atoms with Crippen LogP contribution in [0.25, 0.3) is 0 Å². The summed E-state index contributed by atoms with van der Waals surface area (Å²) in [6.07, 6.45) is 0.471. The molecule has 1 rings (SSSR count). The lowest BCUT2D eigenvalue weighted by Gasteiger charge is -2.15. The van der Waals surface area contributed by atoms with Gasteiger partial charge < -0.3 is 9.47 Å². The average molecular weight is 240 g/mol. The zero-order valence-electron chi connectivity index (χ0n) is 10.3. The lowest BCUT2D eigenvalue weighted by Crippen LogP contribution is -2.14. The molecule has 0 spiro atoms. The van der Waals surface area contributed by atoms with E-state index in [1.165, 1.54) is 26.4 Å². The third kappa shape index (κ3) is 3.27. The van der Waals surface area contributed by atoms with Crippen LogP contribution in [-0.2, 0) is 9.53 Å². The van der Waals surface area contributed by atoms with Crippen molar-refractivity contribution < 1.29 is 18.7 Å². The van der Waals surface area contributed by atoms with Crippen LogP contribution in [0.3, 0.4) is 0 Å². The van der Waals surface area contributed by atoms with Gasteiger partial charge in [0.1, 0.15) is 6.10 Å². The van der Waals surface area contributed by atoms with Gasteiger partial charge in [0, 0.05) is 13.5 Å². The first kappa shape index (κ1) is 13.6. The molecule has 94 valence electrons. The minimum atomic E-state index is -0.699. The maximum atomic E-state index is 13.5. The second-order valence-corrected chi connectivity index (χ2v) is 3.73. The molecule has 0 N–H and O–H groups in total. The standard InChI is InChI=1S/C13H17FO3/c1-4-5-11(15)13(17-3)9-6-7-12(16-2)10(14)8-9/h6-8,13H,4-5H2,1-3H3. The van der Waals surface area contributed by atoms with Crippen molar-refractivity contribution in [2.75, 3.05) is 14.2 Å². The highest BCUT2D eigenvalue weighted by Crippen LogP contribution is 2.25. The third-order valence-corrected chi connectivity index (χ3v) is 2.50. The van der Waals surface area contributed by atoms with Gasteiger partial charge in [-0.3, -0.25) is 4.79 Å². The van der Waals surface area contributed by atoms with Crippen molar-refractivity contribution in [3.8, 4) is 5.75 Å². The molecule has 0 heterocycles. The Morgan fingerprint density at radius 1 is 1.41 bits per heavy atom. The zero-order valence-corrected chi connectivity index (χ0v) is 10.3. The Morgan fingerprint density at radius 3 is 2.59 bits per heavy atom. The minimum Gasteiger partial charge on any atom is -0.494 e. The van der Waals surface area contributed by atoms with Gasteiger partial charge in [-0.1, -0.05) is 13.0 Å². The maximum Gasteiger partial charge on any atom is 0.166 e. The molecule has 3 nitrogen and oxygen atoms in total. The van der Waals surface area contributed by atoms with Crippen molar-refractivity contribution in [1.82, 2.24) is 0 Å². The molecule has 0 radical (unpaired) electrons. The van der Waals surface area contributed by atoms with Crippen molar-refractivity contribution in [2.24, 2.45) is 0 Å². The normalized spacial score (nSPS) is 12.2. The molecule has 0 saturated heterocycles. The molecule has 1 aromatic carbocycles. The summed E-state index contributed by atoms with van der Waals surface area (Å²) in [5.41, 5.74) is 0.518. The SMILES string of the molecule is CCCC(=O)C(OC)c1ccc(OC)c(F)c1. The second kappa shape index (κ2) is 6.35. The summed E-state index contributed by atoms with van der Waals surface area (Å²) in [6.45, 7) is 1.92. The minimum absolute atomic E-state index is 0.0421. The Labute approximate surface area is 101 Å². The van der Waals surface area contributed by atoms with Gasteiger partial charge >= 0.3 is 0 Å². The van der Waals surface area contributed by atoms with Crippen LogP contribution >= 0.6 is 0 Å². The van der Waals surface area contributed by atoms with Crippen molar-refractivity contribution in [2.45, 2.75) is 25.9 Å². The summed E-state index contributed by atoms with van der Waals surface area (Å²) in [7, 11) is 2.84. The van der Waals surface area contributed by atoms with Gasteiger partial charge in [-0.25, -0.2) is 4.39 Å². The largest absolute Gasteiger partial charge is 0.494 e. The molecule has 0 saturated carbocycles. The zero-order chi connectivity index (χ0) is 12.8. The highest BCUT2D eigenvalue weighted by Gasteiger charge is 2.20. The molecule has 0 amide bonds. The molecule has 0 aliphatic carbocycles. The lowest BCUT2D eigenvalue weighted by molar-refractivity contribution is -0.129. The number of carbonyl (C=O) groups is 1. The summed E-state index contributed by atoms with van der Waals surface area (Å²) in [6, 6.07) is 4.42. The molecular formula is C13H17FO3. The lowest BCUT2D eigenvalue weighted by atomic mass is 10.0. The van der Waals surface area contributed by atoms with Crippen LogP contribution in [0.4, 0.5) is 4.39 Å². The summed E-state index contributed by atoms with van der Waals surface area (Å²) in [5, 5.41) is 0. The van der Waals surface area contributed by atoms with E-state index >= 15 is 0 Å². The Hall–Kier alpha value is -1.42. The Balaban J connectivity index is 2.96. The van der Waals surface area contributed by atoms with Crippen LogP contribution in [-0.4, -0.2) is 20.0 Å². The summed E-state index contributed by atoms with van der Waals surface area (Å²) >= 11 is 0. The molecule has 0 aromatic heterocycles. The van der Waals surface area contributed by atoms with Crippen LogP contribution in [0.15, 0.2) is 18.2 Å². The van der Waals surface area contributed by atoms with Crippen molar-refractivity contribution in [3.05, 3.63) is 29.6 Å². The van der Waals surface area contributed by atoms with Gasteiger partial charge in [-0.2, -0.15) is 0 Å². The summed E-state index contributed by atoms with van der Waals surface area (Å²) < 4.78 is 23.4. The monoisotopic (exact) mass is 240 g/mol. The quantitative estimate of drug-likeness (QED) is 0.767. The van der Waals surface area contributed by atoms with Crippen LogP contribution in [0.1, 0.15) is 31.4 Å². The molecular weight excluding hydrogens is 223 g/mol. The van der Waals surface area contributed by atoms with E-state index in [-0.39, 0.29) is 11.5 Å². The number of hydrogen-bond acceptors (Lipinski definition) is 3. The van der Waals surface area contributed by atoms with Crippen LogP contribution in [0, 0.1) is 5.82 Å². The van der Waals surface area contributed by atoms with E-state index in [2.05, 4.69) is 0 Å². The Kier molecular flexibility index (Phi) is 5.10. The first-order valence-corrected chi connectivity index (χ1v) is 5.53. The van der Waals surface area contributed by atoms with E-state index in [4.69, 9.17) is 9.47 Å². The first-order valence-electron chi connectivity index (χ1n) is 5.53. The summed E-state index contributed by atoms with van der Waals surface area (Å²) in [4.78, 5) is 11.8. The highest BCUT2D eigenvalue weighted by molar-refractivity contribution is 5.84. The number of ketones is 1. The molecule has 4 heteroatoms. The van der Waals surface area contributed by atoms with Gasteiger partial charge in [-0.05, 0) is 24.1 Å². The van der Waals surface area contributed by atoms with Crippen molar-refractivity contribution in [3.63, 3.8) is 0 Å². The van der Waals surface area contributed by atoms with E-state index in [1.807, 2.05) is 6.92 Å². The van der Waals surface area contributed by atoms with Crippen LogP contribution < -0.4 is 4.74 Å². The number of rotatable bonds is 6. The van der Waals surface area contributed by atoms with Gasteiger partial charge in [0.2, 0.25) is 0 Å². The average Bonchev–Trinajstić information content (AvgIpc) is 2.30. The van der Waals surface area contributed by atoms with Gasteiger partial charge in [0.15, 0.2) is 17.3 Å². The van der Waals surface area contributed by atoms with E-state index in [9.17, 15) is 9.18 Å². The molecule has 1 aromatic rings. The molecule has 0 aliphatic rings. The second-order valence-electron chi connectivity index (χ2n) is 3.73. The summed E-state index contributed by atoms with van der Waals surface area (Å²) in [5.74, 6) is -0.373. The number of methoxy groups -OCH3 is 2. The Morgan fingerprint density at radius 2 is 2.12 bits per heavy atom. The molecule has 1 atom stereocenters. The van der Waals surface area contributed by atoms with E-state index in [0.717, 1.165) is 6.42 Å². The van der Waals surface area contributed by atoms with Crippen LogP contribution in [0.5, 0.6) is 5.75 Å².